The first-order chi connectivity index (χ1) is 9.78. The molecular weight excluding hydrogens is 252 g/mol. The predicted octanol–water partition coefficient (Wildman–Crippen LogP) is 3.43. The van der Waals surface area contributed by atoms with Crippen LogP contribution in [0.15, 0.2) is 54.7 Å². The summed E-state index contributed by atoms with van der Waals surface area (Å²) >= 11 is 0. The summed E-state index contributed by atoms with van der Waals surface area (Å²) in [5.41, 5.74) is 2.32. The van der Waals surface area contributed by atoms with Crippen molar-refractivity contribution in [2.24, 2.45) is 0 Å². The number of carbonyl (C=O) groups is 1. The van der Waals surface area contributed by atoms with Crippen molar-refractivity contribution in [3.8, 4) is 5.75 Å². The number of hydrogen-bond donors (Lipinski definition) is 2. The van der Waals surface area contributed by atoms with Crippen LogP contribution in [0.1, 0.15) is 10.4 Å². The van der Waals surface area contributed by atoms with Gasteiger partial charge in [0.25, 0.3) is 5.91 Å². The van der Waals surface area contributed by atoms with Crippen molar-refractivity contribution in [3.63, 3.8) is 0 Å². The molecule has 0 saturated heterocycles. The van der Waals surface area contributed by atoms with Crippen molar-refractivity contribution >= 4 is 22.5 Å². The van der Waals surface area contributed by atoms with Gasteiger partial charge in [0, 0.05) is 22.8 Å². The number of fused-ring (bicyclic) bond motifs is 1. The molecule has 0 fully saturated rings. The molecule has 0 aliphatic rings. The van der Waals surface area contributed by atoms with Crippen molar-refractivity contribution in [2.75, 3.05) is 12.4 Å². The lowest BCUT2D eigenvalue weighted by molar-refractivity contribution is 0.102. The standard InChI is InChI=1S/C16H14N2O2/c1-20-12-8-6-11(7-9-12)18-16(19)14-10-17-15-5-3-2-4-13(14)15/h2-10,17H,1H3,(H,18,19). The number of methoxy groups -OCH3 is 1. The van der Waals surface area contributed by atoms with Crippen LogP contribution in [0.25, 0.3) is 10.9 Å². The van der Waals surface area contributed by atoms with E-state index in [1.807, 2.05) is 48.5 Å². The molecule has 0 atom stereocenters. The number of benzene rings is 2. The van der Waals surface area contributed by atoms with Crippen LogP contribution < -0.4 is 10.1 Å². The predicted molar refractivity (Wildman–Crippen MR) is 79.2 cm³/mol. The molecule has 2 aromatic carbocycles. The zero-order valence-electron chi connectivity index (χ0n) is 11.0. The maximum atomic E-state index is 12.3. The molecule has 0 saturated carbocycles. The lowest BCUT2D eigenvalue weighted by atomic mass is 10.1. The third-order valence-electron chi connectivity index (χ3n) is 3.18. The summed E-state index contributed by atoms with van der Waals surface area (Å²) in [4.78, 5) is 15.4. The number of anilines is 1. The first kappa shape index (κ1) is 12.3. The Labute approximate surface area is 116 Å². The molecule has 100 valence electrons. The Morgan fingerprint density at radius 2 is 1.85 bits per heavy atom. The van der Waals surface area contributed by atoms with Gasteiger partial charge in [0.15, 0.2) is 0 Å². The lowest BCUT2D eigenvalue weighted by Gasteiger charge is -2.05. The quantitative estimate of drug-likeness (QED) is 0.763. The van der Waals surface area contributed by atoms with Gasteiger partial charge in [0.05, 0.1) is 12.7 Å². The van der Waals surface area contributed by atoms with Gasteiger partial charge >= 0.3 is 0 Å². The van der Waals surface area contributed by atoms with E-state index in [-0.39, 0.29) is 5.91 Å². The number of carbonyl (C=O) groups excluding carboxylic acids is 1. The van der Waals surface area contributed by atoms with Crippen molar-refractivity contribution in [2.45, 2.75) is 0 Å². The average Bonchev–Trinajstić information content (AvgIpc) is 2.92. The minimum Gasteiger partial charge on any atom is -0.497 e. The fourth-order valence-corrected chi connectivity index (χ4v) is 2.13. The number of H-pyrrole nitrogens is 1. The second-order valence-corrected chi connectivity index (χ2v) is 4.43. The van der Waals surface area contributed by atoms with Gasteiger partial charge in [0.1, 0.15) is 5.75 Å². The third kappa shape index (κ3) is 2.23. The molecule has 1 aromatic heterocycles. The first-order valence-corrected chi connectivity index (χ1v) is 6.29. The highest BCUT2D eigenvalue weighted by atomic mass is 16.5. The molecule has 0 spiro atoms. The van der Waals surface area contributed by atoms with E-state index >= 15 is 0 Å². The Kier molecular flexibility index (Phi) is 3.13. The summed E-state index contributed by atoms with van der Waals surface area (Å²) in [6, 6.07) is 15.0. The van der Waals surface area contributed by atoms with Crippen LogP contribution in [0.3, 0.4) is 0 Å². The van der Waals surface area contributed by atoms with Crippen LogP contribution in [-0.4, -0.2) is 18.0 Å². The molecule has 4 nitrogen and oxygen atoms in total. The highest BCUT2D eigenvalue weighted by Crippen LogP contribution is 2.20. The van der Waals surface area contributed by atoms with Crippen molar-refractivity contribution in [3.05, 3.63) is 60.3 Å². The minimum atomic E-state index is -0.132. The molecule has 0 aliphatic heterocycles. The highest BCUT2D eigenvalue weighted by molar-refractivity contribution is 6.12. The number of para-hydroxylation sites is 1. The van der Waals surface area contributed by atoms with Crippen molar-refractivity contribution in [1.29, 1.82) is 0 Å². The van der Waals surface area contributed by atoms with Gasteiger partial charge in [-0.1, -0.05) is 18.2 Å². The van der Waals surface area contributed by atoms with Crippen LogP contribution in [-0.2, 0) is 0 Å². The van der Waals surface area contributed by atoms with E-state index in [0.717, 1.165) is 22.3 Å². The minimum absolute atomic E-state index is 0.132. The number of ether oxygens (including phenoxy) is 1. The lowest BCUT2D eigenvalue weighted by Crippen LogP contribution is -2.11. The largest absolute Gasteiger partial charge is 0.497 e. The van der Waals surface area contributed by atoms with Crippen molar-refractivity contribution < 1.29 is 9.53 Å². The molecule has 0 aliphatic carbocycles. The zero-order valence-corrected chi connectivity index (χ0v) is 11.0. The normalized spacial score (nSPS) is 10.4. The van der Waals surface area contributed by atoms with Gasteiger partial charge in [-0.3, -0.25) is 4.79 Å². The Morgan fingerprint density at radius 1 is 1.10 bits per heavy atom. The molecule has 0 bridgehead atoms. The number of aromatic nitrogens is 1. The van der Waals surface area contributed by atoms with Gasteiger partial charge in [-0.25, -0.2) is 0 Å². The second kappa shape index (κ2) is 5.09. The zero-order chi connectivity index (χ0) is 13.9. The van der Waals surface area contributed by atoms with E-state index in [0.29, 0.717) is 5.56 Å². The molecule has 1 heterocycles. The number of amides is 1. The molecule has 1 amide bonds. The highest BCUT2D eigenvalue weighted by Gasteiger charge is 2.11. The Morgan fingerprint density at radius 3 is 2.60 bits per heavy atom. The van der Waals surface area contributed by atoms with Gasteiger partial charge in [-0.15, -0.1) is 0 Å². The number of nitrogens with one attached hydrogen (secondary N) is 2. The molecular formula is C16H14N2O2. The summed E-state index contributed by atoms with van der Waals surface area (Å²) in [5, 5.41) is 3.79. The van der Waals surface area contributed by atoms with Crippen LogP contribution in [0.2, 0.25) is 0 Å². The Hall–Kier alpha value is -2.75. The van der Waals surface area contributed by atoms with Gasteiger partial charge in [-0.05, 0) is 30.3 Å². The molecule has 3 rings (SSSR count). The molecule has 3 aromatic rings. The fourth-order valence-electron chi connectivity index (χ4n) is 2.13. The summed E-state index contributed by atoms with van der Waals surface area (Å²) in [6.07, 6.45) is 1.73. The monoisotopic (exact) mass is 266 g/mol. The Balaban J connectivity index is 1.85. The third-order valence-corrected chi connectivity index (χ3v) is 3.18. The maximum absolute atomic E-state index is 12.3. The SMILES string of the molecule is COc1ccc(NC(=O)c2c[nH]c3ccccc23)cc1. The summed E-state index contributed by atoms with van der Waals surface area (Å²) < 4.78 is 5.09. The number of aromatic amines is 1. The molecule has 4 heteroatoms. The topological polar surface area (TPSA) is 54.1 Å². The van der Waals surface area contributed by atoms with Crippen LogP contribution in [0, 0.1) is 0 Å². The van der Waals surface area contributed by atoms with E-state index < -0.39 is 0 Å². The Bertz CT molecular complexity index is 745. The van der Waals surface area contributed by atoms with Gasteiger partial charge in [0.2, 0.25) is 0 Å². The van der Waals surface area contributed by atoms with E-state index in [9.17, 15) is 4.79 Å². The summed E-state index contributed by atoms with van der Waals surface area (Å²) in [6.45, 7) is 0. The van der Waals surface area contributed by atoms with Crippen LogP contribution >= 0.6 is 0 Å². The van der Waals surface area contributed by atoms with Crippen LogP contribution in [0.5, 0.6) is 5.75 Å². The number of hydrogen-bond acceptors (Lipinski definition) is 2. The fraction of sp³-hybridized carbons (Fsp3) is 0.0625. The summed E-state index contributed by atoms with van der Waals surface area (Å²) in [7, 11) is 1.61. The van der Waals surface area contributed by atoms with E-state index in [1.165, 1.54) is 0 Å². The molecule has 20 heavy (non-hydrogen) atoms. The molecule has 0 unspecified atom stereocenters. The van der Waals surface area contributed by atoms with E-state index in [1.54, 1.807) is 13.3 Å². The number of rotatable bonds is 3. The van der Waals surface area contributed by atoms with Crippen molar-refractivity contribution in [1.82, 2.24) is 4.98 Å². The summed E-state index contributed by atoms with van der Waals surface area (Å²) in [5.74, 6) is 0.628. The van der Waals surface area contributed by atoms with Gasteiger partial charge in [-0.2, -0.15) is 0 Å². The molecule has 0 radical (unpaired) electrons. The molecule has 2 N–H and O–H groups in total. The second-order valence-electron chi connectivity index (χ2n) is 4.43. The first-order valence-electron chi connectivity index (χ1n) is 6.29. The van der Waals surface area contributed by atoms with Gasteiger partial charge < -0.3 is 15.0 Å². The maximum Gasteiger partial charge on any atom is 0.257 e. The smallest absolute Gasteiger partial charge is 0.257 e. The average molecular weight is 266 g/mol. The van der Waals surface area contributed by atoms with Crippen LogP contribution in [0.4, 0.5) is 5.69 Å². The van der Waals surface area contributed by atoms with E-state index in [4.69, 9.17) is 4.74 Å². The van der Waals surface area contributed by atoms with E-state index in [2.05, 4.69) is 10.3 Å².